The van der Waals surface area contributed by atoms with Gasteiger partial charge in [-0.3, -0.25) is 4.79 Å². The van der Waals surface area contributed by atoms with Crippen molar-refractivity contribution in [1.29, 1.82) is 0 Å². The number of ketones is 1. The number of para-hydroxylation sites is 1. The highest BCUT2D eigenvalue weighted by atomic mass is 19.1. The molecule has 4 aromatic rings. The molecule has 9 heteroatoms. The number of H-pyrrole nitrogens is 1. The van der Waals surface area contributed by atoms with E-state index in [0.29, 0.717) is 52.3 Å². The van der Waals surface area contributed by atoms with Gasteiger partial charge in [0.1, 0.15) is 11.4 Å². The van der Waals surface area contributed by atoms with E-state index in [2.05, 4.69) is 20.1 Å². The van der Waals surface area contributed by atoms with Crippen LogP contribution in [0.1, 0.15) is 28.8 Å². The van der Waals surface area contributed by atoms with Crippen LogP contribution in [-0.4, -0.2) is 46.2 Å². The lowest BCUT2D eigenvalue weighted by atomic mass is 10.0. The summed E-state index contributed by atoms with van der Waals surface area (Å²) in [6, 6.07) is 12.4. The Morgan fingerprint density at radius 2 is 2.06 bits per heavy atom. The van der Waals surface area contributed by atoms with E-state index in [1.54, 1.807) is 42.6 Å². The summed E-state index contributed by atoms with van der Waals surface area (Å²) >= 11 is 0. The number of aliphatic hydroxyl groups excluding tert-OH is 1. The van der Waals surface area contributed by atoms with Crippen molar-refractivity contribution < 1.29 is 23.8 Å². The third-order valence-corrected chi connectivity index (χ3v) is 6.15. The van der Waals surface area contributed by atoms with Crippen LogP contribution in [0.3, 0.4) is 0 Å². The molecule has 5 rings (SSSR count). The first kappa shape index (κ1) is 23.5. The molecule has 0 radical (unpaired) electrons. The highest BCUT2D eigenvalue weighted by molar-refractivity contribution is 6.19. The quantitative estimate of drug-likeness (QED) is 0.244. The molecule has 0 aliphatic carbocycles. The molecule has 2 aromatic carbocycles. The van der Waals surface area contributed by atoms with E-state index >= 15 is 0 Å². The van der Waals surface area contributed by atoms with Gasteiger partial charge in [0, 0.05) is 29.4 Å². The van der Waals surface area contributed by atoms with Crippen molar-refractivity contribution in [3.8, 4) is 11.5 Å². The van der Waals surface area contributed by atoms with Gasteiger partial charge in [-0.15, -0.1) is 0 Å². The van der Waals surface area contributed by atoms with Crippen LogP contribution in [0.5, 0.6) is 11.5 Å². The second kappa shape index (κ2) is 10.2. The number of nitrogens with zero attached hydrogens (tertiary/aromatic N) is 2. The predicted octanol–water partition coefficient (Wildman–Crippen LogP) is 5.23. The Kier molecular flexibility index (Phi) is 6.62. The smallest absolute Gasteiger partial charge is 0.228 e. The SMILES string of the molecule is [C-]#[N+]c1cnc2[nH]cc(C(=O)c3ccc(Oc4ccccc4F)cc3)c2c1N[C@@H]1CC[C@@H](CO)OC1. The minimum absolute atomic E-state index is 0.0277. The fourth-order valence-electron chi connectivity index (χ4n) is 4.25. The topological polar surface area (TPSA) is 101 Å². The van der Waals surface area contributed by atoms with E-state index in [0.717, 1.165) is 6.42 Å². The van der Waals surface area contributed by atoms with Crippen molar-refractivity contribution in [2.24, 2.45) is 0 Å². The van der Waals surface area contributed by atoms with Gasteiger partial charge in [0.25, 0.3) is 0 Å². The standard InChI is InChI=1S/C27H23FN4O4/c1-29-22-13-31-27-24(25(22)32-17-8-11-19(14-33)35-15-17)20(12-30-27)26(34)16-6-9-18(10-7-16)36-23-5-3-2-4-21(23)28/h2-7,9-10,12-13,17,19,33H,8,11,14-15H2,(H2,30,31,32)/t17-,19+/m1/s1. The molecule has 1 saturated heterocycles. The van der Waals surface area contributed by atoms with Crippen LogP contribution in [0.25, 0.3) is 15.9 Å². The Morgan fingerprint density at radius 3 is 2.75 bits per heavy atom. The van der Waals surface area contributed by atoms with Crippen molar-refractivity contribution in [2.75, 3.05) is 18.5 Å². The first-order valence-electron chi connectivity index (χ1n) is 11.5. The van der Waals surface area contributed by atoms with Crippen molar-refractivity contribution in [1.82, 2.24) is 9.97 Å². The third kappa shape index (κ3) is 4.64. The lowest BCUT2D eigenvalue weighted by Gasteiger charge is -2.29. The molecule has 0 spiro atoms. The largest absolute Gasteiger partial charge is 0.454 e. The number of carbonyl (C=O) groups is 1. The molecule has 0 saturated carbocycles. The summed E-state index contributed by atoms with van der Waals surface area (Å²) in [5.41, 5.74) is 2.09. The molecule has 8 nitrogen and oxygen atoms in total. The highest BCUT2D eigenvalue weighted by Crippen LogP contribution is 2.37. The number of aromatic nitrogens is 2. The first-order chi connectivity index (χ1) is 17.6. The lowest BCUT2D eigenvalue weighted by molar-refractivity contribution is -0.0223. The average molecular weight is 487 g/mol. The zero-order valence-corrected chi connectivity index (χ0v) is 19.2. The van der Waals surface area contributed by atoms with Crippen LogP contribution >= 0.6 is 0 Å². The number of benzene rings is 2. The summed E-state index contributed by atoms with van der Waals surface area (Å²) in [6.07, 6.45) is 4.31. The highest BCUT2D eigenvalue weighted by Gasteiger charge is 2.25. The van der Waals surface area contributed by atoms with E-state index in [-0.39, 0.29) is 30.3 Å². The number of anilines is 1. The maximum Gasteiger partial charge on any atom is 0.228 e. The number of rotatable bonds is 7. The molecule has 1 fully saturated rings. The summed E-state index contributed by atoms with van der Waals surface area (Å²) < 4.78 is 25.1. The zero-order chi connectivity index (χ0) is 25.1. The number of aliphatic hydroxyl groups is 1. The van der Waals surface area contributed by atoms with Gasteiger partial charge in [-0.25, -0.2) is 14.2 Å². The number of pyridine rings is 1. The van der Waals surface area contributed by atoms with Gasteiger partial charge in [0.15, 0.2) is 17.3 Å². The molecule has 0 unspecified atom stereocenters. The molecule has 2 aromatic heterocycles. The van der Waals surface area contributed by atoms with E-state index in [9.17, 15) is 14.3 Å². The molecule has 3 heterocycles. The zero-order valence-electron chi connectivity index (χ0n) is 19.2. The van der Waals surface area contributed by atoms with E-state index < -0.39 is 5.82 Å². The number of aromatic amines is 1. The van der Waals surface area contributed by atoms with Crippen LogP contribution in [0.2, 0.25) is 0 Å². The molecule has 182 valence electrons. The normalized spacial score (nSPS) is 17.5. The Hall–Kier alpha value is -4.26. The average Bonchev–Trinajstić information content (AvgIpc) is 3.35. The second-order valence-corrected chi connectivity index (χ2v) is 8.50. The van der Waals surface area contributed by atoms with Crippen molar-refractivity contribution in [3.05, 3.63) is 89.3 Å². The van der Waals surface area contributed by atoms with Crippen molar-refractivity contribution >= 4 is 28.2 Å². The van der Waals surface area contributed by atoms with E-state index in [1.165, 1.54) is 18.3 Å². The number of carbonyl (C=O) groups excluding carboxylic acids is 1. The first-order valence-corrected chi connectivity index (χ1v) is 11.5. The fraction of sp³-hybridized carbons (Fsp3) is 0.222. The third-order valence-electron chi connectivity index (χ3n) is 6.15. The molecular weight excluding hydrogens is 463 g/mol. The van der Waals surface area contributed by atoms with E-state index in [4.69, 9.17) is 16.0 Å². The van der Waals surface area contributed by atoms with Gasteiger partial charge >= 0.3 is 0 Å². The summed E-state index contributed by atoms with van der Waals surface area (Å²) in [5, 5.41) is 13.2. The van der Waals surface area contributed by atoms with Gasteiger partial charge in [-0.2, -0.15) is 0 Å². The number of ether oxygens (including phenoxy) is 2. The van der Waals surface area contributed by atoms with Crippen LogP contribution in [-0.2, 0) is 4.74 Å². The molecular formula is C27H23FN4O4. The minimum Gasteiger partial charge on any atom is -0.454 e. The van der Waals surface area contributed by atoms with Crippen LogP contribution in [0.4, 0.5) is 15.8 Å². The number of nitrogens with one attached hydrogen (secondary N) is 2. The maximum absolute atomic E-state index is 13.9. The van der Waals surface area contributed by atoms with Gasteiger partial charge < -0.3 is 24.9 Å². The monoisotopic (exact) mass is 486 g/mol. The summed E-state index contributed by atoms with van der Waals surface area (Å²) in [5.74, 6) is -0.243. The molecule has 0 amide bonds. The van der Waals surface area contributed by atoms with Crippen LogP contribution in [0.15, 0.2) is 60.9 Å². The van der Waals surface area contributed by atoms with Gasteiger partial charge in [0.05, 0.1) is 37.1 Å². The Morgan fingerprint density at radius 1 is 1.25 bits per heavy atom. The van der Waals surface area contributed by atoms with Crippen LogP contribution in [0, 0.1) is 12.4 Å². The molecule has 2 atom stereocenters. The number of halogens is 1. The van der Waals surface area contributed by atoms with Gasteiger partial charge in [-0.05, 0) is 49.2 Å². The minimum atomic E-state index is -0.477. The Balaban J connectivity index is 1.43. The van der Waals surface area contributed by atoms with Gasteiger partial charge in [-0.1, -0.05) is 12.1 Å². The fourth-order valence-corrected chi connectivity index (χ4v) is 4.25. The second-order valence-electron chi connectivity index (χ2n) is 8.50. The summed E-state index contributed by atoms with van der Waals surface area (Å²) in [6.45, 7) is 7.96. The number of hydrogen-bond donors (Lipinski definition) is 3. The molecule has 36 heavy (non-hydrogen) atoms. The van der Waals surface area contributed by atoms with Crippen molar-refractivity contribution in [2.45, 2.75) is 25.0 Å². The van der Waals surface area contributed by atoms with Crippen LogP contribution < -0.4 is 10.1 Å². The lowest BCUT2D eigenvalue weighted by Crippen LogP contribution is -2.36. The molecule has 0 bridgehead atoms. The molecule has 1 aliphatic heterocycles. The Labute approximate surface area is 206 Å². The summed E-state index contributed by atoms with van der Waals surface area (Å²) in [7, 11) is 0. The number of hydrogen-bond acceptors (Lipinski definition) is 6. The predicted molar refractivity (Wildman–Crippen MR) is 132 cm³/mol. The van der Waals surface area contributed by atoms with Gasteiger partial charge in [0.2, 0.25) is 5.69 Å². The van der Waals surface area contributed by atoms with E-state index in [1.807, 2.05) is 0 Å². The Bertz CT molecular complexity index is 1440. The van der Waals surface area contributed by atoms with Crippen molar-refractivity contribution in [3.63, 3.8) is 0 Å². The molecule has 1 aliphatic rings. The summed E-state index contributed by atoms with van der Waals surface area (Å²) in [4.78, 5) is 24.4. The molecule has 3 N–H and O–H groups in total. The maximum atomic E-state index is 13.9. The number of fused-ring (bicyclic) bond motifs is 1.